The standard InChI is InChI=1S/C13H18ClNO/c1-13(6-3-7-15-9-13)10-4-5-12(16-2)11(14)8-10/h4-5,8,15H,3,6-7,9H2,1-2H3. The molecular weight excluding hydrogens is 222 g/mol. The van der Waals surface area contributed by atoms with Crippen LogP contribution in [0, 0.1) is 0 Å². The Kier molecular flexibility index (Phi) is 3.41. The summed E-state index contributed by atoms with van der Waals surface area (Å²) in [4.78, 5) is 0. The highest BCUT2D eigenvalue weighted by molar-refractivity contribution is 6.32. The second-order valence-corrected chi connectivity index (χ2v) is 5.10. The van der Waals surface area contributed by atoms with Crippen LogP contribution in [0.25, 0.3) is 0 Å². The molecule has 2 rings (SSSR count). The fourth-order valence-electron chi connectivity index (χ4n) is 2.34. The molecule has 0 aliphatic carbocycles. The lowest BCUT2D eigenvalue weighted by molar-refractivity contribution is 0.339. The topological polar surface area (TPSA) is 21.3 Å². The average Bonchev–Trinajstić information content (AvgIpc) is 2.30. The molecule has 0 saturated carbocycles. The zero-order valence-electron chi connectivity index (χ0n) is 9.85. The van der Waals surface area contributed by atoms with Crippen LogP contribution in [0.3, 0.4) is 0 Å². The second-order valence-electron chi connectivity index (χ2n) is 4.69. The number of nitrogens with one attached hydrogen (secondary N) is 1. The van der Waals surface area contributed by atoms with E-state index in [1.54, 1.807) is 7.11 Å². The van der Waals surface area contributed by atoms with Gasteiger partial charge in [-0.3, -0.25) is 0 Å². The van der Waals surface area contributed by atoms with Gasteiger partial charge < -0.3 is 10.1 Å². The lowest BCUT2D eigenvalue weighted by atomic mass is 9.76. The molecule has 1 fully saturated rings. The Bertz CT molecular complexity index is 372. The molecule has 0 amide bonds. The van der Waals surface area contributed by atoms with Gasteiger partial charge >= 0.3 is 0 Å². The molecule has 1 N–H and O–H groups in total. The van der Waals surface area contributed by atoms with Crippen molar-refractivity contribution in [3.05, 3.63) is 28.8 Å². The molecular formula is C13H18ClNO. The van der Waals surface area contributed by atoms with Crippen LogP contribution >= 0.6 is 11.6 Å². The normalized spacial score (nSPS) is 25.4. The fraction of sp³-hybridized carbons (Fsp3) is 0.538. The molecule has 1 aromatic rings. The van der Waals surface area contributed by atoms with E-state index in [1.165, 1.54) is 18.4 Å². The van der Waals surface area contributed by atoms with Crippen molar-refractivity contribution in [2.75, 3.05) is 20.2 Å². The van der Waals surface area contributed by atoms with Gasteiger partial charge in [-0.25, -0.2) is 0 Å². The fourth-order valence-corrected chi connectivity index (χ4v) is 2.60. The van der Waals surface area contributed by atoms with E-state index < -0.39 is 0 Å². The molecule has 1 aliphatic heterocycles. The zero-order valence-corrected chi connectivity index (χ0v) is 10.6. The van der Waals surface area contributed by atoms with Crippen LogP contribution in [0.4, 0.5) is 0 Å². The highest BCUT2D eigenvalue weighted by Crippen LogP contribution is 2.35. The highest BCUT2D eigenvalue weighted by atomic mass is 35.5. The Labute approximate surface area is 102 Å². The summed E-state index contributed by atoms with van der Waals surface area (Å²) >= 11 is 6.17. The third kappa shape index (κ3) is 2.18. The molecule has 0 spiro atoms. The van der Waals surface area contributed by atoms with Crippen LogP contribution < -0.4 is 10.1 Å². The molecule has 1 aromatic carbocycles. The lowest BCUT2D eigenvalue weighted by Gasteiger charge is -2.34. The second kappa shape index (κ2) is 4.64. The summed E-state index contributed by atoms with van der Waals surface area (Å²) in [5.41, 5.74) is 1.50. The number of hydrogen-bond acceptors (Lipinski definition) is 2. The molecule has 0 bridgehead atoms. The van der Waals surface area contributed by atoms with Gasteiger partial charge in [0.15, 0.2) is 0 Å². The quantitative estimate of drug-likeness (QED) is 0.857. The Morgan fingerprint density at radius 3 is 2.81 bits per heavy atom. The maximum atomic E-state index is 6.17. The van der Waals surface area contributed by atoms with E-state index in [4.69, 9.17) is 16.3 Å². The van der Waals surface area contributed by atoms with Crippen LogP contribution in [-0.4, -0.2) is 20.2 Å². The first kappa shape index (κ1) is 11.7. The smallest absolute Gasteiger partial charge is 0.137 e. The summed E-state index contributed by atoms with van der Waals surface area (Å²) in [5, 5.41) is 4.15. The van der Waals surface area contributed by atoms with Crippen molar-refractivity contribution in [3.63, 3.8) is 0 Å². The molecule has 0 aromatic heterocycles. The van der Waals surface area contributed by atoms with Crippen molar-refractivity contribution in [2.45, 2.75) is 25.2 Å². The van der Waals surface area contributed by atoms with E-state index in [9.17, 15) is 0 Å². The van der Waals surface area contributed by atoms with Gasteiger partial charge in [0.1, 0.15) is 5.75 Å². The molecule has 16 heavy (non-hydrogen) atoms. The Hall–Kier alpha value is -0.730. The van der Waals surface area contributed by atoms with Gasteiger partial charge in [0.05, 0.1) is 12.1 Å². The van der Waals surface area contributed by atoms with Crippen LogP contribution in [0.5, 0.6) is 5.75 Å². The minimum atomic E-state index is 0.203. The maximum absolute atomic E-state index is 6.17. The minimum Gasteiger partial charge on any atom is -0.495 e. The third-order valence-corrected chi connectivity index (χ3v) is 3.74. The summed E-state index contributed by atoms with van der Waals surface area (Å²) in [7, 11) is 1.64. The number of methoxy groups -OCH3 is 1. The number of piperidine rings is 1. The average molecular weight is 240 g/mol. The summed E-state index contributed by atoms with van der Waals surface area (Å²) in [6.07, 6.45) is 2.43. The van der Waals surface area contributed by atoms with Gasteiger partial charge in [-0.2, -0.15) is 0 Å². The summed E-state index contributed by atoms with van der Waals surface area (Å²) in [6, 6.07) is 6.11. The van der Waals surface area contributed by atoms with Crippen molar-refractivity contribution >= 4 is 11.6 Å². The van der Waals surface area contributed by atoms with E-state index in [1.807, 2.05) is 12.1 Å². The molecule has 1 saturated heterocycles. The molecule has 88 valence electrons. The van der Waals surface area contributed by atoms with E-state index in [2.05, 4.69) is 18.3 Å². The van der Waals surface area contributed by atoms with Gasteiger partial charge in [0, 0.05) is 12.0 Å². The molecule has 1 unspecified atom stereocenters. The largest absolute Gasteiger partial charge is 0.495 e. The van der Waals surface area contributed by atoms with Gasteiger partial charge in [0.25, 0.3) is 0 Å². The third-order valence-electron chi connectivity index (χ3n) is 3.45. The molecule has 0 radical (unpaired) electrons. The van der Waals surface area contributed by atoms with E-state index in [0.717, 1.165) is 18.8 Å². The number of rotatable bonds is 2. The van der Waals surface area contributed by atoms with Crippen LogP contribution in [-0.2, 0) is 5.41 Å². The van der Waals surface area contributed by atoms with Crippen molar-refractivity contribution in [2.24, 2.45) is 0 Å². The summed E-state index contributed by atoms with van der Waals surface area (Å²) < 4.78 is 5.17. The van der Waals surface area contributed by atoms with Gasteiger partial charge in [0.2, 0.25) is 0 Å². The molecule has 1 heterocycles. The molecule has 1 atom stereocenters. The highest BCUT2D eigenvalue weighted by Gasteiger charge is 2.29. The monoisotopic (exact) mass is 239 g/mol. The van der Waals surface area contributed by atoms with Crippen LogP contribution in [0.15, 0.2) is 18.2 Å². The predicted octanol–water partition coefficient (Wildman–Crippen LogP) is 2.99. The SMILES string of the molecule is COc1ccc(C2(C)CCCNC2)cc1Cl. The maximum Gasteiger partial charge on any atom is 0.137 e. The van der Waals surface area contributed by atoms with Crippen LogP contribution in [0.2, 0.25) is 5.02 Å². The number of ether oxygens (including phenoxy) is 1. The van der Waals surface area contributed by atoms with Gasteiger partial charge in [-0.1, -0.05) is 24.6 Å². The summed E-state index contributed by atoms with van der Waals surface area (Å²) in [6.45, 7) is 4.44. The molecule has 3 heteroatoms. The van der Waals surface area contributed by atoms with Crippen molar-refractivity contribution in [1.29, 1.82) is 0 Å². The first-order valence-corrected chi connectivity index (χ1v) is 6.08. The van der Waals surface area contributed by atoms with E-state index in [-0.39, 0.29) is 5.41 Å². The predicted molar refractivity (Wildman–Crippen MR) is 67.5 cm³/mol. The van der Waals surface area contributed by atoms with Gasteiger partial charge in [-0.05, 0) is 37.1 Å². The van der Waals surface area contributed by atoms with Crippen LogP contribution in [0.1, 0.15) is 25.3 Å². The van der Waals surface area contributed by atoms with Gasteiger partial charge in [-0.15, -0.1) is 0 Å². The van der Waals surface area contributed by atoms with Crippen molar-refractivity contribution < 1.29 is 4.74 Å². The lowest BCUT2D eigenvalue weighted by Crippen LogP contribution is -2.41. The first-order valence-electron chi connectivity index (χ1n) is 5.70. The number of halogens is 1. The van der Waals surface area contributed by atoms with E-state index >= 15 is 0 Å². The Morgan fingerprint density at radius 2 is 2.25 bits per heavy atom. The minimum absolute atomic E-state index is 0.203. The molecule has 1 aliphatic rings. The number of hydrogen-bond donors (Lipinski definition) is 1. The Morgan fingerprint density at radius 1 is 1.44 bits per heavy atom. The van der Waals surface area contributed by atoms with E-state index in [0.29, 0.717) is 5.02 Å². The Balaban J connectivity index is 2.29. The first-order chi connectivity index (χ1) is 7.65. The van der Waals surface area contributed by atoms with Crippen molar-refractivity contribution in [1.82, 2.24) is 5.32 Å². The molecule has 2 nitrogen and oxygen atoms in total. The summed E-state index contributed by atoms with van der Waals surface area (Å²) in [5.74, 6) is 0.748. The zero-order chi connectivity index (χ0) is 11.6. The number of benzene rings is 1. The van der Waals surface area contributed by atoms with Crippen molar-refractivity contribution in [3.8, 4) is 5.75 Å².